The minimum Gasteiger partial charge on any atom is -0.478 e. The summed E-state index contributed by atoms with van der Waals surface area (Å²) in [7, 11) is 1.59. The van der Waals surface area contributed by atoms with Gasteiger partial charge in [0, 0.05) is 19.8 Å². The molecule has 0 amide bonds. The van der Waals surface area contributed by atoms with E-state index in [4.69, 9.17) is 9.84 Å². The van der Waals surface area contributed by atoms with Crippen molar-refractivity contribution in [1.82, 2.24) is 0 Å². The summed E-state index contributed by atoms with van der Waals surface area (Å²) in [6.45, 7) is 2.35. The molecule has 0 aliphatic carbocycles. The van der Waals surface area contributed by atoms with E-state index < -0.39 is 5.97 Å². The van der Waals surface area contributed by atoms with Gasteiger partial charge in [-0.15, -0.1) is 0 Å². The van der Waals surface area contributed by atoms with Crippen molar-refractivity contribution in [2.45, 2.75) is 13.3 Å². The molecule has 0 unspecified atom stereocenters. The Morgan fingerprint density at radius 3 is 2.70 bits per heavy atom. The van der Waals surface area contributed by atoms with Gasteiger partial charge in [0.1, 0.15) is 0 Å². The van der Waals surface area contributed by atoms with Crippen molar-refractivity contribution in [3.63, 3.8) is 0 Å². The Morgan fingerprint density at radius 2 is 2.30 bits per heavy atom. The van der Waals surface area contributed by atoms with E-state index in [2.05, 4.69) is 0 Å². The van der Waals surface area contributed by atoms with Gasteiger partial charge in [-0.05, 0) is 13.3 Å². The number of carboxylic acid groups (broad SMARTS) is 1. The number of aliphatic carboxylic acids is 1. The minimum atomic E-state index is -0.895. The molecule has 0 radical (unpaired) electrons. The van der Waals surface area contributed by atoms with Gasteiger partial charge in [-0.1, -0.05) is 5.57 Å². The molecule has 0 fully saturated rings. The summed E-state index contributed by atoms with van der Waals surface area (Å²) in [4.78, 5) is 10.1. The molecule has 0 aliphatic heterocycles. The molecule has 0 aliphatic rings. The highest BCUT2D eigenvalue weighted by Gasteiger charge is 1.92. The lowest BCUT2D eigenvalue weighted by molar-refractivity contribution is -0.131. The first kappa shape index (κ1) is 9.17. The Morgan fingerprint density at radius 1 is 1.70 bits per heavy atom. The van der Waals surface area contributed by atoms with E-state index in [9.17, 15) is 4.79 Å². The molecule has 0 aromatic heterocycles. The summed E-state index contributed by atoms with van der Waals surface area (Å²) < 4.78 is 4.76. The smallest absolute Gasteiger partial charge is 0.328 e. The maximum Gasteiger partial charge on any atom is 0.328 e. The second kappa shape index (κ2) is 4.99. The molecule has 0 bridgehead atoms. The third-order valence-electron chi connectivity index (χ3n) is 1.07. The lowest BCUT2D eigenvalue weighted by Crippen LogP contribution is -1.93. The van der Waals surface area contributed by atoms with E-state index in [0.29, 0.717) is 13.0 Å². The van der Waals surface area contributed by atoms with E-state index >= 15 is 0 Å². The van der Waals surface area contributed by atoms with Gasteiger partial charge in [-0.2, -0.15) is 0 Å². The summed E-state index contributed by atoms with van der Waals surface area (Å²) in [5.41, 5.74) is 0.828. The Hall–Kier alpha value is -0.830. The molecule has 0 aromatic carbocycles. The van der Waals surface area contributed by atoms with Crippen LogP contribution < -0.4 is 0 Å². The number of carbonyl (C=O) groups is 1. The first-order chi connectivity index (χ1) is 4.66. The molecular weight excluding hydrogens is 132 g/mol. The molecule has 0 atom stereocenters. The molecule has 0 spiro atoms. The van der Waals surface area contributed by atoms with Crippen LogP contribution >= 0.6 is 0 Å². The summed E-state index contributed by atoms with van der Waals surface area (Å²) in [6, 6.07) is 0. The predicted octanol–water partition coefficient (Wildman–Crippen LogP) is 1.05. The van der Waals surface area contributed by atoms with Gasteiger partial charge in [0.2, 0.25) is 0 Å². The number of ether oxygens (including phenoxy) is 1. The SMILES string of the molecule is COCCC(C)=CC(=O)O. The molecule has 0 saturated carbocycles. The van der Waals surface area contributed by atoms with Crippen molar-refractivity contribution < 1.29 is 14.6 Å². The zero-order valence-electron chi connectivity index (χ0n) is 6.26. The van der Waals surface area contributed by atoms with E-state index in [1.807, 2.05) is 0 Å². The lowest BCUT2D eigenvalue weighted by Gasteiger charge is -1.96. The van der Waals surface area contributed by atoms with Crippen LogP contribution in [0, 0.1) is 0 Å². The first-order valence-corrected chi connectivity index (χ1v) is 3.06. The number of hydrogen-bond acceptors (Lipinski definition) is 2. The number of methoxy groups -OCH3 is 1. The molecule has 3 heteroatoms. The van der Waals surface area contributed by atoms with Crippen molar-refractivity contribution in [1.29, 1.82) is 0 Å². The molecule has 58 valence electrons. The van der Waals surface area contributed by atoms with Crippen LogP contribution in [0.4, 0.5) is 0 Å². The van der Waals surface area contributed by atoms with Crippen LogP contribution in [0.1, 0.15) is 13.3 Å². The van der Waals surface area contributed by atoms with Crippen molar-refractivity contribution in [3.05, 3.63) is 11.6 Å². The number of hydrogen-bond donors (Lipinski definition) is 1. The van der Waals surface area contributed by atoms with Crippen molar-refractivity contribution in [2.75, 3.05) is 13.7 Å². The maximum atomic E-state index is 10.1. The van der Waals surface area contributed by atoms with Crippen LogP contribution in [0.3, 0.4) is 0 Å². The summed E-state index contributed by atoms with van der Waals surface area (Å²) in [5.74, 6) is -0.895. The quantitative estimate of drug-likeness (QED) is 0.600. The largest absolute Gasteiger partial charge is 0.478 e. The molecular formula is C7H12O3. The normalized spacial score (nSPS) is 11.6. The van der Waals surface area contributed by atoms with Crippen molar-refractivity contribution >= 4 is 5.97 Å². The van der Waals surface area contributed by atoms with E-state index in [0.717, 1.165) is 5.57 Å². The molecule has 10 heavy (non-hydrogen) atoms. The van der Waals surface area contributed by atoms with Crippen LogP contribution in [0.5, 0.6) is 0 Å². The van der Waals surface area contributed by atoms with Gasteiger partial charge in [0.15, 0.2) is 0 Å². The Balaban J connectivity index is 3.60. The van der Waals surface area contributed by atoms with Crippen LogP contribution in [-0.4, -0.2) is 24.8 Å². The fourth-order valence-corrected chi connectivity index (χ4v) is 0.546. The van der Waals surface area contributed by atoms with Crippen LogP contribution in [0.2, 0.25) is 0 Å². The Kier molecular flexibility index (Phi) is 4.58. The highest BCUT2D eigenvalue weighted by molar-refractivity contribution is 5.80. The number of carboxylic acids is 1. The van der Waals surface area contributed by atoms with Crippen LogP contribution in [0.25, 0.3) is 0 Å². The van der Waals surface area contributed by atoms with E-state index in [1.165, 1.54) is 6.08 Å². The average molecular weight is 144 g/mol. The van der Waals surface area contributed by atoms with Gasteiger partial charge >= 0.3 is 5.97 Å². The molecule has 3 nitrogen and oxygen atoms in total. The van der Waals surface area contributed by atoms with Gasteiger partial charge in [-0.25, -0.2) is 4.79 Å². The average Bonchev–Trinajstić information content (AvgIpc) is 1.82. The summed E-state index contributed by atoms with van der Waals surface area (Å²) in [5, 5.41) is 8.27. The Labute approximate surface area is 60.3 Å². The van der Waals surface area contributed by atoms with Crippen LogP contribution in [-0.2, 0) is 9.53 Å². The van der Waals surface area contributed by atoms with E-state index in [-0.39, 0.29) is 0 Å². The Bertz CT molecular complexity index is 138. The van der Waals surface area contributed by atoms with Gasteiger partial charge in [-0.3, -0.25) is 0 Å². The fourth-order valence-electron chi connectivity index (χ4n) is 0.546. The highest BCUT2D eigenvalue weighted by Crippen LogP contribution is 1.98. The topological polar surface area (TPSA) is 46.5 Å². The lowest BCUT2D eigenvalue weighted by atomic mass is 10.2. The zero-order valence-corrected chi connectivity index (χ0v) is 6.26. The summed E-state index contributed by atoms with van der Waals surface area (Å²) in [6.07, 6.45) is 1.88. The van der Waals surface area contributed by atoms with Gasteiger partial charge in [0.25, 0.3) is 0 Å². The third kappa shape index (κ3) is 5.31. The monoisotopic (exact) mass is 144 g/mol. The van der Waals surface area contributed by atoms with Crippen LogP contribution in [0.15, 0.2) is 11.6 Å². The van der Waals surface area contributed by atoms with E-state index in [1.54, 1.807) is 14.0 Å². The van der Waals surface area contributed by atoms with Gasteiger partial charge < -0.3 is 9.84 Å². The maximum absolute atomic E-state index is 10.1. The van der Waals surface area contributed by atoms with Gasteiger partial charge in [0.05, 0.1) is 0 Å². The van der Waals surface area contributed by atoms with Crippen molar-refractivity contribution in [3.8, 4) is 0 Å². The van der Waals surface area contributed by atoms with Crippen molar-refractivity contribution in [2.24, 2.45) is 0 Å². The zero-order chi connectivity index (χ0) is 7.98. The summed E-state index contributed by atoms with van der Waals surface area (Å²) >= 11 is 0. The second-order valence-electron chi connectivity index (χ2n) is 2.07. The number of rotatable bonds is 4. The minimum absolute atomic E-state index is 0.579. The fraction of sp³-hybridized carbons (Fsp3) is 0.571. The predicted molar refractivity (Wildman–Crippen MR) is 37.9 cm³/mol. The second-order valence-corrected chi connectivity index (χ2v) is 2.07. The molecule has 1 N–H and O–H groups in total. The standard InChI is InChI=1S/C7H12O3/c1-6(3-4-10-2)5-7(8)9/h5H,3-4H2,1-2H3,(H,8,9). The molecule has 0 heterocycles. The first-order valence-electron chi connectivity index (χ1n) is 3.06. The molecule has 0 saturated heterocycles. The molecule has 0 aromatic rings. The third-order valence-corrected chi connectivity index (χ3v) is 1.07. The molecule has 0 rings (SSSR count). The highest BCUT2D eigenvalue weighted by atomic mass is 16.5.